The molecule has 0 aliphatic carbocycles. The topological polar surface area (TPSA) is 79.8 Å². The lowest BCUT2D eigenvalue weighted by atomic mass is 9.77. The van der Waals surface area contributed by atoms with E-state index in [0.29, 0.717) is 33.8 Å². The minimum Gasteiger partial charge on any atom is -0.497 e. The lowest BCUT2D eigenvalue weighted by Crippen LogP contribution is -2.48. The van der Waals surface area contributed by atoms with Crippen molar-refractivity contribution in [1.82, 2.24) is 10.6 Å². The molecule has 0 bridgehead atoms. The molecule has 2 amide bonds. The van der Waals surface area contributed by atoms with Crippen LogP contribution < -0.4 is 20.1 Å². The number of amides is 2. The Kier molecular flexibility index (Phi) is 8.23. The molecule has 0 saturated carbocycles. The van der Waals surface area contributed by atoms with Crippen LogP contribution in [-0.4, -0.2) is 25.4 Å². The maximum absolute atomic E-state index is 13.8. The van der Waals surface area contributed by atoms with Crippen molar-refractivity contribution in [1.29, 1.82) is 0 Å². The Bertz CT molecular complexity index is 1320. The van der Waals surface area contributed by atoms with Crippen molar-refractivity contribution in [3.8, 4) is 11.5 Å². The van der Waals surface area contributed by atoms with Gasteiger partial charge in [-0.3, -0.25) is 0 Å². The number of nitrogens with one attached hydrogen (secondary N) is 2. The second-order valence-electron chi connectivity index (χ2n) is 8.63. The molecule has 4 rings (SSSR count). The summed E-state index contributed by atoms with van der Waals surface area (Å²) < 4.78 is 38.2. The molecule has 0 aliphatic rings. The van der Waals surface area contributed by atoms with Crippen LogP contribution in [0.15, 0.2) is 97.1 Å². The second-order valence-corrected chi connectivity index (χ2v) is 8.63. The second kappa shape index (κ2) is 11.7. The van der Waals surface area contributed by atoms with Gasteiger partial charge in [0.2, 0.25) is 0 Å². The van der Waals surface area contributed by atoms with Crippen molar-refractivity contribution in [3.63, 3.8) is 0 Å². The highest BCUT2D eigenvalue weighted by molar-refractivity contribution is 5.75. The Labute approximate surface area is 219 Å². The van der Waals surface area contributed by atoms with Gasteiger partial charge in [0, 0.05) is 18.2 Å². The molecule has 0 heterocycles. The molecule has 0 aromatic heterocycles. The van der Waals surface area contributed by atoms with Gasteiger partial charge in [-0.05, 0) is 53.1 Å². The third-order valence-electron chi connectivity index (χ3n) is 6.33. The smallest absolute Gasteiger partial charge is 0.315 e. The molecule has 4 aromatic carbocycles. The molecule has 196 valence electrons. The Hall–Kier alpha value is -4.43. The molecule has 0 aliphatic heterocycles. The summed E-state index contributed by atoms with van der Waals surface area (Å²) in [5.74, 6) is 0.192. The van der Waals surface area contributed by atoms with Gasteiger partial charge in [-0.25, -0.2) is 13.6 Å². The van der Waals surface area contributed by atoms with Gasteiger partial charge in [0.25, 0.3) is 0 Å². The number of hydrogen-bond donors (Lipinski definition) is 3. The highest BCUT2D eigenvalue weighted by atomic mass is 19.1. The van der Waals surface area contributed by atoms with Crippen LogP contribution in [0, 0.1) is 11.6 Å². The van der Waals surface area contributed by atoms with Crippen molar-refractivity contribution < 1.29 is 28.2 Å². The fraction of sp³-hybridized carbons (Fsp3) is 0.167. The predicted molar refractivity (Wildman–Crippen MR) is 140 cm³/mol. The van der Waals surface area contributed by atoms with Gasteiger partial charge < -0.3 is 25.2 Å². The number of rotatable bonds is 9. The number of hydrogen-bond acceptors (Lipinski definition) is 4. The Morgan fingerprint density at radius 2 is 1.42 bits per heavy atom. The van der Waals surface area contributed by atoms with E-state index < -0.39 is 29.3 Å². The quantitative estimate of drug-likeness (QED) is 0.275. The van der Waals surface area contributed by atoms with Gasteiger partial charge in [0.1, 0.15) is 28.7 Å². The SMILES string of the molecule is COc1ccc(CNC(=O)N[C@@H](c2ccccc2)C(O)(c2ccc(F)cc2)c2ccc(F)cc2)c(OC)c1. The lowest BCUT2D eigenvalue weighted by molar-refractivity contribution is 0.0399. The minimum absolute atomic E-state index is 0.131. The molecular weight excluding hydrogens is 490 g/mol. The zero-order chi connectivity index (χ0) is 27.1. The van der Waals surface area contributed by atoms with Gasteiger partial charge in [0.05, 0.1) is 20.3 Å². The lowest BCUT2D eigenvalue weighted by Gasteiger charge is -2.38. The van der Waals surface area contributed by atoms with Crippen molar-refractivity contribution in [3.05, 3.63) is 131 Å². The summed E-state index contributed by atoms with van der Waals surface area (Å²) in [6.07, 6.45) is 0. The van der Waals surface area contributed by atoms with E-state index in [1.807, 2.05) is 6.07 Å². The molecular formula is C30H28F2N2O4. The first kappa shape index (κ1) is 26.6. The molecule has 1 atom stereocenters. The van der Waals surface area contributed by atoms with Crippen LogP contribution in [0.2, 0.25) is 0 Å². The first-order valence-electron chi connectivity index (χ1n) is 11.9. The predicted octanol–water partition coefficient (Wildman–Crippen LogP) is 5.46. The van der Waals surface area contributed by atoms with E-state index in [4.69, 9.17) is 9.47 Å². The molecule has 0 unspecified atom stereocenters. The fourth-order valence-electron chi connectivity index (χ4n) is 4.34. The average Bonchev–Trinajstić information content (AvgIpc) is 2.95. The molecule has 3 N–H and O–H groups in total. The van der Waals surface area contributed by atoms with E-state index in [0.717, 1.165) is 0 Å². The van der Waals surface area contributed by atoms with E-state index in [-0.39, 0.29) is 6.54 Å². The number of urea groups is 1. The van der Waals surface area contributed by atoms with Crippen LogP contribution in [0.1, 0.15) is 28.3 Å². The Morgan fingerprint density at radius 1 is 0.842 bits per heavy atom. The maximum atomic E-state index is 13.8. The van der Waals surface area contributed by atoms with E-state index in [1.165, 1.54) is 55.6 Å². The first-order valence-corrected chi connectivity index (χ1v) is 11.9. The maximum Gasteiger partial charge on any atom is 0.315 e. The van der Waals surface area contributed by atoms with Crippen LogP contribution in [0.5, 0.6) is 11.5 Å². The summed E-state index contributed by atoms with van der Waals surface area (Å²) in [5.41, 5.74) is 0.0542. The summed E-state index contributed by atoms with van der Waals surface area (Å²) in [4.78, 5) is 13.2. The number of ether oxygens (including phenoxy) is 2. The Morgan fingerprint density at radius 3 is 1.95 bits per heavy atom. The zero-order valence-corrected chi connectivity index (χ0v) is 20.9. The number of benzene rings is 4. The third-order valence-corrected chi connectivity index (χ3v) is 6.33. The van der Waals surface area contributed by atoms with Gasteiger partial charge >= 0.3 is 6.03 Å². The van der Waals surface area contributed by atoms with Crippen LogP contribution in [0.3, 0.4) is 0 Å². The average molecular weight is 519 g/mol. The third kappa shape index (κ3) is 5.76. The summed E-state index contributed by atoms with van der Waals surface area (Å²) in [6.45, 7) is 0.131. The first-order chi connectivity index (χ1) is 18.3. The van der Waals surface area contributed by atoms with Crippen molar-refractivity contribution >= 4 is 6.03 Å². The van der Waals surface area contributed by atoms with Crippen LogP contribution in [0.25, 0.3) is 0 Å². The summed E-state index contributed by atoms with van der Waals surface area (Å²) >= 11 is 0. The normalized spacial score (nSPS) is 11.9. The van der Waals surface area contributed by atoms with Crippen LogP contribution >= 0.6 is 0 Å². The summed E-state index contributed by atoms with van der Waals surface area (Å²) in [6, 6.07) is 23.2. The summed E-state index contributed by atoms with van der Waals surface area (Å²) in [7, 11) is 3.07. The van der Waals surface area contributed by atoms with Gasteiger partial charge in [-0.15, -0.1) is 0 Å². The number of carbonyl (C=O) groups is 1. The molecule has 0 fully saturated rings. The Balaban J connectivity index is 1.70. The van der Waals surface area contributed by atoms with Crippen molar-refractivity contribution in [2.24, 2.45) is 0 Å². The van der Waals surface area contributed by atoms with Crippen molar-refractivity contribution in [2.45, 2.75) is 18.2 Å². The molecule has 0 radical (unpaired) electrons. The number of halogens is 2. The van der Waals surface area contributed by atoms with Gasteiger partial charge in [-0.2, -0.15) is 0 Å². The van der Waals surface area contributed by atoms with E-state index in [9.17, 15) is 18.7 Å². The molecule has 4 aromatic rings. The highest BCUT2D eigenvalue weighted by Gasteiger charge is 2.42. The number of aliphatic hydroxyl groups is 1. The van der Waals surface area contributed by atoms with Gasteiger partial charge in [0.15, 0.2) is 0 Å². The van der Waals surface area contributed by atoms with E-state index >= 15 is 0 Å². The van der Waals surface area contributed by atoms with Crippen molar-refractivity contribution in [2.75, 3.05) is 14.2 Å². The van der Waals surface area contributed by atoms with Gasteiger partial charge in [-0.1, -0.05) is 54.6 Å². The van der Waals surface area contributed by atoms with Crippen LogP contribution in [-0.2, 0) is 12.1 Å². The van der Waals surface area contributed by atoms with Crippen LogP contribution in [0.4, 0.5) is 13.6 Å². The highest BCUT2D eigenvalue weighted by Crippen LogP contribution is 2.41. The van der Waals surface area contributed by atoms with E-state index in [2.05, 4.69) is 10.6 Å². The zero-order valence-electron chi connectivity index (χ0n) is 20.9. The molecule has 0 spiro atoms. The number of carbonyl (C=O) groups excluding carboxylic acids is 1. The fourth-order valence-corrected chi connectivity index (χ4v) is 4.34. The molecule has 38 heavy (non-hydrogen) atoms. The largest absolute Gasteiger partial charge is 0.497 e. The molecule has 0 saturated heterocycles. The molecule has 8 heteroatoms. The number of methoxy groups -OCH3 is 2. The molecule has 6 nitrogen and oxygen atoms in total. The summed E-state index contributed by atoms with van der Waals surface area (Å²) in [5, 5.41) is 18.0. The monoisotopic (exact) mass is 518 g/mol. The van der Waals surface area contributed by atoms with E-state index in [1.54, 1.807) is 49.6 Å². The standard InChI is InChI=1S/C30H28F2N2O4/c1-37-26-17-8-21(27(18-26)38-2)19-33-29(35)34-28(20-6-4-3-5-7-20)30(36,22-9-13-24(31)14-10-22)23-11-15-25(32)16-12-23/h3-18,28,36H,19H2,1-2H3,(H2,33,34,35)/t28-/m0/s1. The minimum atomic E-state index is -1.88.